The third-order valence-corrected chi connectivity index (χ3v) is 10.9. The maximum absolute atomic E-state index is 2.46. The summed E-state index contributed by atoms with van der Waals surface area (Å²) in [6.45, 7) is 4.76. The summed E-state index contributed by atoms with van der Waals surface area (Å²) in [5.41, 5.74) is 16.4. The molecule has 0 aliphatic heterocycles. The molecule has 0 bridgehead atoms. The van der Waals surface area contributed by atoms with Crippen molar-refractivity contribution >= 4 is 32.6 Å². The Morgan fingerprint density at radius 3 is 1.64 bits per heavy atom. The normalized spacial score (nSPS) is 13.2. The lowest BCUT2D eigenvalue weighted by molar-refractivity contribution is 0.666. The van der Waals surface area contributed by atoms with Crippen LogP contribution in [0.15, 0.2) is 176 Å². The van der Waals surface area contributed by atoms with Gasteiger partial charge in [0.2, 0.25) is 0 Å². The average Bonchev–Trinajstić information content (AvgIpc) is 3.62. The summed E-state index contributed by atoms with van der Waals surface area (Å²) in [5, 5.41) is 5.20. The van der Waals surface area contributed by atoms with E-state index >= 15 is 0 Å². The molecule has 236 valence electrons. The predicted molar refractivity (Wildman–Crippen MR) is 212 cm³/mol. The molecule has 0 amide bonds. The predicted octanol–water partition coefficient (Wildman–Crippen LogP) is 13.2. The fourth-order valence-electron chi connectivity index (χ4n) is 8.55. The number of hydrogen-bond acceptors (Lipinski definition) is 0. The molecule has 1 heterocycles. The molecule has 0 fully saturated rings. The van der Waals surface area contributed by atoms with Gasteiger partial charge in [0.25, 0.3) is 0 Å². The van der Waals surface area contributed by atoms with Crippen LogP contribution in [0.1, 0.15) is 25.0 Å². The van der Waals surface area contributed by atoms with Gasteiger partial charge in [-0.05, 0) is 115 Å². The second kappa shape index (κ2) is 10.9. The summed E-state index contributed by atoms with van der Waals surface area (Å²) in [6, 6.07) is 64.8. The molecule has 9 aromatic rings. The molecule has 0 saturated heterocycles. The highest BCUT2D eigenvalue weighted by molar-refractivity contribution is 6.15. The summed E-state index contributed by atoms with van der Waals surface area (Å²) in [4.78, 5) is 0. The Bertz CT molecular complexity index is 2690. The molecular formula is C49H35N. The first kappa shape index (κ1) is 28.8. The molecular weight excluding hydrogens is 603 g/mol. The first-order chi connectivity index (χ1) is 24.5. The van der Waals surface area contributed by atoms with Crippen LogP contribution >= 0.6 is 0 Å². The summed E-state index contributed by atoms with van der Waals surface area (Å²) < 4.78 is 2.44. The Morgan fingerprint density at radius 1 is 0.380 bits per heavy atom. The third kappa shape index (κ3) is 4.33. The summed E-state index contributed by atoms with van der Waals surface area (Å²) in [6.07, 6.45) is 0. The number of aromatic nitrogens is 1. The van der Waals surface area contributed by atoms with Crippen molar-refractivity contribution in [2.75, 3.05) is 0 Å². The Labute approximate surface area is 292 Å². The van der Waals surface area contributed by atoms with E-state index in [0.717, 1.165) is 5.69 Å². The second-order valence-corrected chi connectivity index (χ2v) is 14.2. The molecule has 0 saturated carbocycles. The van der Waals surface area contributed by atoms with E-state index in [-0.39, 0.29) is 5.41 Å². The summed E-state index contributed by atoms with van der Waals surface area (Å²) in [7, 11) is 0. The van der Waals surface area contributed by atoms with Crippen LogP contribution in [0.4, 0.5) is 0 Å². The van der Waals surface area contributed by atoms with Gasteiger partial charge >= 0.3 is 0 Å². The van der Waals surface area contributed by atoms with E-state index in [1.807, 2.05) is 0 Å². The molecule has 1 nitrogen and oxygen atoms in total. The molecule has 8 aromatic carbocycles. The molecule has 0 atom stereocenters. The highest BCUT2D eigenvalue weighted by Crippen LogP contribution is 2.52. The summed E-state index contributed by atoms with van der Waals surface area (Å²) >= 11 is 0. The van der Waals surface area contributed by atoms with Crippen LogP contribution in [-0.4, -0.2) is 4.57 Å². The second-order valence-electron chi connectivity index (χ2n) is 14.2. The van der Waals surface area contributed by atoms with Gasteiger partial charge in [-0.25, -0.2) is 0 Å². The fourth-order valence-corrected chi connectivity index (χ4v) is 8.55. The van der Waals surface area contributed by atoms with Crippen molar-refractivity contribution in [3.8, 4) is 50.2 Å². The smallest absolute Gasteiger partial charge is 0.0547 e. The van der Waals surface area contributed by atoms with Crippen molar-refractivity contribution in [2.45, 2.75) is 19.3 Å². The molecule has 50 heavy (non-hydrogen) atoms. The van der Waals surface area contributed by atoms with E-state index < -0.39 is 0 Å². The minimum absolute atomic E-state index is 0.0640. The number of fused-ring (bicyclic) bond motifs is 8. The highest BCUT2D eigenvalue weighted by Gasteiger charge is 2.36. The van der Waals surface area contributed by atoms with E-state index in [9.17, 15) is 0 Å². The Balaban J connectivity index is 1.13. The standard InChI is InChI=1S/C49H35N/c1-49(2)45-19-11-9-17-40(45)42-26-23-35-30-47-44(31-43(35)48(42)49)41-18-10-12-20-46(41)50(47)39-24-21-34(22-25-39)38-28-36(32-13-5-3-6-14-32)27-37(29-38)33-15-7-4-8-16-33/h3-31H,1-2H3. The van der Waals surface area contributed by atoms with Crippen LogP contribution < -0.4 is 0 Å². The van der Waals surface area contributed by atoms with Gasteiger partial charge in [-0.2, -0.15) is 0 Å². The van der Waals surface area contributed by atoms with Crippen molar-refractivity contribution in [2.24, 2.45) is 0 Å². The molecule has 10 rings (SSSR count). The van der Waals surface area contributed by atoms with Crippen LogP contribution in [0.5, 0.6) is 0 Å². The monoisotopic (exact) mass is 637 g/mol. The van der Waals surface area contributed by atoms with Crippen molar-refractivity contribution in [1.82, 2.24) is 4.57 Å². The number of benzene rings is 8. The first-order valence-corrected chi connectivity index (χ1v) is 17.5. The van der Waals surface area contributed by atoms with Crippen LogP contribution in [0.2, 0.25) is 0 Å². The van der Waals surface area contributed by atoms with E-state index in [1.165, 1.54) is 88.2 Å². The van der Waals surface area contributed by atoms with E-state index in [2.05, 4.69) is 194 Å². The van der Waals surface area contributed by atoms with E-state index in [1.54, 1.807) is 0 Å². The van der Waals surface area contributed by atoms with Crippen LogP contribution in [0, 0.1) is 0 Å². The lowest BCUT2D eigenvalue weighted by Crippen LogP contribution is -2.15. The number of rotatable bonds is 4. The van der Waals surface area contributed by atoms with Gasteiger partial charge in [0.1, 0.15) is 0 Å². The zero-order chi connectivity index (χ0) is 33.4. The molecule has 1 aromatic heterocycles. The Kier molecular flexibility index (Phi) is 6.29. The van der Waals surface area contributed by atoms with Gasteiger partial charge in [0, 0.05) is 21.9 Å². The Hall–Kier alpha value is -6.18. The fraction of sp³-hybridized carbons (Fsp3) is 0.0612. The first-order valence-electron chi connectivity index (χ1n) is 17.5. The lowest BCUT2D eigenvalue weighted by Gasteiger charge is -2.23. The molecule has 1 heteroatoms. The number of para-hydroxylation sites is 1. The van der Waals surface area contributed by atoms with Gasteiger partial charge < -0.3 is 4.57 Å². The zero-order valence-electron chi connectivity index (χ0n) is 28.2. The minimum atomic E-state index is -0.0640. The molecule has 0 unspecified atom stereocenters. The Morgan fingerprint density at radius 2 is 0.960 bits per heavy atom. The van der Waals surface area contributed by atoms with Crippen LogP contribution in [0.3, 0.4) is 0 Å². The molecule has 0 spiro atoms. The van der Waals surface area contributed by atoms with Crippen molar-refractivity contribution < 1.29 is 0 Å². The number of nitrogens with zero attached hydrogens (tertiary/aromatic N) is 1. The quantitative estimate of drug-likeness (QED) is 0.181. The highest BCUT2D eigenvalue weighted by atomic mass is 15.0. The maximum Gasteiger partial charge on any atom is 0.0547 e. The molecule has 1 aliphatic rings. The molecule has 0 N–H and O–H groups in total. The van der Waals surface area contributed by atoms with Gasteiger partial charge in [0.15, 0.2) is 0 Å². The van der Waals surface area contributed by atoms with Crippen molar-refractivity contribution in [3.05, 3.63) is 187 Å². The van der Waals surface area contributed by atoms with Gasteiger partial charge in [-0.3, -0.25) is 0 Å². The van der Waals surface area contributed by atoms with Gasteiger partial charge in [-0.1, -0.05) is 141 Å². The van der Waals surface area contributed by atoms with Gasteiger partial charge in [-0.15, -0.1) is 0 Å². The number of hydrogen-bond donors (Lipinski definition) is 0. The maximum atomic E-state index is 2.46. The third-order valence-electron chi connectivity index (χ3n) is 10.9. The van der Waals surface area contributed by atoms with Crippen molar-refractivity contribution in [1.29, 1.82) is 0 Å². The summed E-state index contributed by atoms with van der Waals surface area (Å²) in [5.74, 6) is 0. The van der Waals surface area contributed by atoms with E-state index in [0.29, 0.717) is 0 Å². The SMILES string of the molecule is CC1(C)c2ccccc2-c2ccc3cc4c(cc3c21)c1ccccc1n4-c1ccc(-c2cc(-c3ccccc3)cc(-c3ccccc3)c2)cc1. The van der Waals surface area contributed by atoms with Crippen LogP contribution in [-0.2, 0) is 5.41 Å². The molecule has 0 radical (unpaired) electrons. The largest absolute Gasteiger partial charge is 0.309 e. The van der Waals surface area contributed by atoms with E-state index in [4.69, 9.17) is 0 Å². The van der Waals surface area contributed by atoms with Gasteiger partial charge in [0.05, 0.1) is 11.0 Å². The average molecular weight is 638 g/mol. The van der Waals surface area contributed by atoms with Crippen LogP contribution in [0.25, 0.3) is 82.8 Å². The molecule has 1 aliphatic carbocycles. The minimum Gasteiger partial charge on any atom is -0.309 e. The zero-order valence-corrected chi connectivity index (χ0v) is 28.2. The lowest BCUT2D eigenvalue weighted by atomic mass is 9.80. The topological polar surface area (TPSA) is 4.93 Å². The van der Waals surface area contributed by atoms with Crippen molar-refractivity contribution in [3.63, 3.8) is 0 Å².